The van der Waals surface area contributed by atoms with Crippen molar-refractivity contribution in [3.05, 3.63) is 34.7 Å². The van der Waals surface area contributed by atoms with E-state index >= 15 is 0 Å². The molecule has 1 N–H and O–H groups in total. The van der Waals surface area contributed by atoms with Crippen molar-refractivity contribution in [2.75, 3.05) is 18.5 Å². The molecule has 1 unspecified atom stereocenters. The normalized spacial score (nSPS) is 19.7. The average molecular weight is 263 g/mol. The number of likely N-dealkylation sites (N-methyl/N-ethyl adjacent to an activating group) is 1. The molecule has 6 heteroatoms. The Morgan fingerprint density at radius 1 is 1.61 bits per heavy atom. The quantitative estimate of drug-likeness (QED) is 0.894. The molecule has 0 saturated heterocycles. The van der Waals surface area contributed by atoms with Crippen LogP contribution in [0.3, 0.4) is 0 Å². The summed E-state index contributed by atoms with van der Waals surface area (Å²) in [5.41, 5.74) is 1.80. The Morgan fingerprint density at radius 3 is 3.22 bits per heavy atom. The Labute approximate surface area is 108 Å². The molecule has 18 heavy (non-hydrogen) atoms. The van der Waals surface area contributed by atoms with Gasteiger partial charge in [0.1, 0.15) is 6.04 Å². The molecule has 5 nitrogen and oxygen atoms in total. The molecule has 0 spiro atoms. The summed E-state index contributed by atoms with van der Waals surface area (Å²) in [6.45, 7) is 0.632. The fourth-order valence-corrected chi connectivity index (χ4v) is 2.86. The van der Waals surface area contributed by atoms with Gasteiger partial charge in [0.25, 0.3) is 5.91 Å². The topological polar surface area (TPSA) is 58.4 Å². The highest BCUT2D eigenvalue weighted by Gasteiger charge is 2.33. The summed E-state index contributed by atoms with van der Waals surface area (Å²) < 4.78 is 5.36. The van der Waals surface area contributed by atoms with E-state index in [0.717, 1.165) is 11.4 Å². The molecular weight excluding hydrogens is 250 g/mol. The van der Waals surface area contributed by atoms with E-state index in [2.05, 4.69) is 10.3 Å². The summed E-state index contributed by atoms with van der Waals surface area (Å²) >= 11 is 1.58. The van der Waals surface area contributed by atoms with Crippen LogP contribution >= 0.6 is 11.3 Å². The molecule has 94 valence electrons. The van der Waals surface area contributed by atoms with Crippen LogP contribution < -0.4 is 10.2 Å². The fraction of sp³-hybridized carbons (Fsp3) is 0.333. The first kappa shape index (κ1) is 11.4. The van der Waals surface area contributed by atoms with Gasteiger partial charge in [-0.15, -0.1) is 0 Å². The minimum absolute atomic E-state index is 0.00593. The van der Waals surface area contributed by atoms with Crippen LogP contribution in [0.15, 0.2) is 27.6 Å². The minimum Gasteiger partial charge on any atom is -0.446 e. The van der Waals surface area contributed by atoms with Gasteiger partial charge in [-0.2, -0.15) is 11.3 Å². The van der Waals surface area contributed by atoms with Crippen molar-refractivity contribution in [3.8, 4) is 0 Å². The molecule has 1 amide bonds. The third-order valence-corrected chi connectivity index (χ3v) is 3.80. The van der Waals surface area contributed by atoms with Crippen molar-refractivity contribution in [1.82, 2.24) is 10.3 Å². The maximum atomic E-state index is 12.5. The molecule has 0 aromatic carbocycles. The summed E-state index contributed by atoms with van der Waals surface area (Å²) in [4.78, 5) is 18.5. The molecule has 1 aliphatic heterocycles. The van der Waals surface area contributed by atoms with E-state index in [1.165, 1.54) is 6.39 Å². The van der Waals surface area contributed by atoms with Crippen LogP contribution in [0.5, 0.6) is 0 Å². The number of nitrogens with zero attached hydrogens (tertiary/aromatic N) is 2. The lowest BCUT2D eigenvalue weighted by molar-refractivity contribution is -0.120. The van der Waals surface area contributed by atoms with E-state index in [4.69, 9.17) is 4.42 Å². The van der Waals surface area contributed by atoms with Gasteiger partial charge in [-0.25, -0.2) is 4.98 Å². The van der Waals surface area contributed by atoms with Gasteiger partial charge in [0.05, 0.1) is 11.4 Å². The third kappa shape index (κ3) is 1.74. The maximum Gasteiger partial charge on any atom is 0.252 e. The number of thiophene rings is 1. The molecule has 0 saturated carbocycles. The van der Waals surface area contributed by atoms with Gasteiger partial charge >= 0.3 is 0 Å². The highest BCUT2D eigenvalue weighted by atomic mass is 32.1. The van der Waals surface area contributed by atoms with E-state index in [0.29, 0.717) is 18.7 Å². The molecule has 0 bridgehead atoms. The predicted octanol–water partition coefficient (Wildman–Crippen LogP) is 1.59. The molecular formula is C12H13N3O2S. The van der Waals surface area contributed by atoms with Crippen molar-refractivity contribution in [2.45, 2.75) is 12.5 Å². The molecule has 3 heterocycles. The number of rotatable bonds is 2. The Balaban J connectivity index is 1.99. The number of aromatic nitrogens is 1. The van der Waals surface area contributed by atoms with Crippen molar-refractivity contribution in [1.29, 1.82) is 0 Å². The summed E-state index contributed by atoms with van der Waals surface area (Å²) in [7, 11) is 1.76. The zero-order valence-corrected chi connectivity index (χ0v) is 10.7. The van der Waals surface area contributed by atoms with Crippen LogP contribution in [0.2, 0.25) is 0 Å². The SMILES string of the molecule is CNC1C(=O)N(c2ccsc2)CCc2ncoc21. The van der Waals surface area contributed by atoms with E-state index in [1.54, 1.807) is 23.3 Å². The van der Waals surface area contributed by atoms with Gasteiger partial charge in [0, 0.05) is 18.3 Å². The standard InChI is InChI=1S/C12H13N3O2S/c1-13-10-11-9(14-7-17-11)2-4-15(12(10)16)8-3-5-18-6-8/h3,5-7,10,13H,2,4H2,1H3. The largest absolute Gasteiger partial charge is 0.446 e. The zero-order chi connectivity index (χ0) is 12.5. The molecule has 1 atom stereocenters. The van der Waals surface area contributed by atoms with Gasteiger partial charge < -0.3 is 14.6 Å². The second-order valence-corrected chi connectivity index (χ2v) is 4.89. The highest BCUT2D eigenvalue weighted by Crippen LogP contribution is 2.28. The summed E-state index contributed by atoms with van der Waals surface area (Å²) in [6, 6.07) is 1.50. The number of fused-ring (bicyclic) bond motifs is 1. The van der Waals surface area contributed by atoms with Gasteiger partial charge in [-0.1, -0.05) is 0 Å². The van der Waals surface area contributed by atoms with Crippen LogP contribution in [0.1, 0.15) is 17.5 Å². The van der Waals surface area contributed by atoms with Gasteiger partial charge in [0.2, 0.25) is 0 Å². The minimum atomic E-state index is -0.454. The Kier molecular flexibility index (Phi) is 2.89. The maximum absolute atomic E-state index is 12.5. The van der Waals surface area contributed by atoms with Gasteiger partial charge in [-0.3, -0.25) is 4.79 Å². The van der Waals surface area contributed by atoms with Crippen LogP contribution in [-0.2, 0) is 11.2 Å². The molecule has 3 rings (SSSR count). The predicted molar refractivity (Wildman–Crippen MR) is 68.7 cm³/mol. The monoisotopic (exact) mass is 263 g/mol. The highest BCUT2D eigenvalue weighted by molar-refractivity contribution is 7.08. The smallest absolute Gasteiger partial charge is 0.252 e. The first-order valence-electron chi connectivity index (χ1n) is 5.74. The third-order valence-electron chi connectivity index (χ3n) is 3.13. The zero-order valence-electron chi connectivity index (χ0n) is 9.92. The van der Waals surface area contributed by atoms with Crippen LogP contribution in [-0.4, -0.2) is 24.5 Å². The second-order valence-electron chi connectivity index (χ2n) is 4.11. The lowest BCUT2D eigenvalue weighted by Crippen LogP contribution is -2.38. The molecule has 0 fully saturated rings. The van der Waals surface area contributed by atoms with Crippen LogP contribution in [0.4, 0.5) is 5.69 Å². The second kappa shape index (κ2) is 4.55. The molecule has 2 aromatic rings. The number of hydrogen-bond acceptors (Lipinski definition) is 5. The number of oxazole rings is 1. The van der Waals surface area contributed by atoms with E-state index in [1.807, 2.05) is 16.8 Å². The van der Waals surface area contributed by atoms with E-state index in [-0.39, 0.29) is 5.91 Å². The number of carbonyl (C=O) groups excluding carboxylic acids is 1. The van der Waals surface area contributed by atoms with Crippen LogP contribution in [0.25, 0.3) is 0 Å². The summed E-state index contributed by atoms with van der Waals surface area (Å²) in [5.74, 6) is 0.645. The molecule has 0 radical (unpaired) electrons. The first-order chi connectivity index (χ1) is 8.81. The lowest BCUT2D eigenvalue weighted by atomic mass is 10.1. The number of anilines is 1. The average Bonchev–Trinajstić information content (AvgIpc) is 3.01. The van der Waals surface area contributed by atoms with Crippen molar-refractivity contribution in [3.63, 3.8) is 0 Å². The molecule has 0 aliphatic carbocycles. The van der Waals surface area contributed by atoms with Gasteiger partial charge in [0.15, 0.2) is 12.2 Å². The number of hydrogen-bond donors (Lipinski definition) is 1. The number of nitrogens with one attached hydrogen (secondary N) is 1. The lowest BCUT2D eigenvalue weighted by Gasteiger charge is -2.22. The van der Waals surface area contributed by atoms with Crippen LogP contribution in [0, 0.1) is 0 Å². The fourth-order valence-electron chi connectivity index (χ4n) is 2.22. The van der Waals surface area contributed by atoms with Gasteiger partial charge in [-0.05, 0) is 18.5 Å². The van der Waals surface area contributed by atoms with Crippen molar-refractivity contribution < 1.29 is 9.21 Å². The number of carbonyl (C=O) groups is 1. The Morgan fingerprint density at radius 2 is 2.50 bits per heavy atom. The van der Waals surface area contributed by atoms with E-state index in [9.17, 15) is 4.79 Å². The molecule has 2 aromatic heterocycles. The van der Waals surface area contributed by atoms with E-state index < -0.39 is 6.04 Å². The Hall–Kier alpha value is -1.66. The Bertz CT molecular complexity index is 549. The summed E-state index contributed by atoms with van der Waals surface area (Å²) in [5, 5.41) is 6.95. The number of amides is 1. The first-order valence-corrected chi connectivity index (χ1v) is 6.68. The van der Waals surface area contributed by atoms with Crippen molar-refractivity contribution in [2.24, 2.45) is 0 Å². The summed E-state index contributed by atoms with van der Waals surface area (Å²) in [6.07, 6.45) is 2.12. The molecule has 1 aliphatic rings. The van der Waals surface area contributed by atoms with Crippen molar-refractivity contribution >= 4 is 22.9 Å².